The molecule has 0 radical (unpaired) electrons. The smallest absolute Gasteiger partial charge is 0.254 e. The van der Waals surface area contributed by atoms with Crippen LogP contribution in [0, 0.1) is 0 Å². The molecule has 1 aliphatic heterocycles. The predicted molar refractivity (Wildman–Crippen MR) is 78.9 cm³/mol. The lowest BCUT2D eigenvalue weighted by Gasteiger charge is -2.24. The monoisotopic (exact) mass is 283 g/mol. The second-order valence-corrected chi connectivity index (χ2v) is 5.46. The van der Waals surface area contributed by atoms with Crippen LogP contribution in [0.5, 0.6) is 0 Å². The number of Topliss-reactive ketones (excluding diaryl/α,β-unsaturated/α-hetero) is 1. The molecule has 0 N–H and O–H groups in total. The van der Waals surface area contributed by atoms with Gasteiger partial charge in [0.2, 0.25) is 0 Å². The normalized spacial score (nSPS) is 18.1. The molecule has 1 aromatic heterocycles. The van der Waals surface area contributed by atoms with E-state index >= 15 is 0 Å². The first-order valence-electron chi connectivity index (χ1n) is 7.16. The average Bonchev–Trinajstić information content (AvgIpc) is 2.93. The Balaban J connectivity index is 1.87. The molecule has 3 rings (SSSR count). The van der Waals surface area contributed by atoms with Gasteiger partial charge in [0.1, 0.15) is 5.78 Å². The number of benzene rings is 1. The summed E-state index contributed by atoms with van der Waals surface area (Å²) in [5, 5.41) is 0. The average molecular weight is 283 g/mol. The molecule has 0 bridgehead atoms. The molecule has 2 heterocycles. The van der Waals surface area contributed by atoms with Crippen molar-refractivity contribution in [3.63, 3.8) is 0 Å². The van der Waals surface area contributed by atoms with Gasteiger partial charge in [0.25, 0.3) is 5.91 Å². The molecule has 108 valence electrons. The van der Waals surface area contributed by atoms with Crippen LogP contribution in [0.4, 0.5) is 0 Å². The van der Waals surface area contributed by atoms with Crippen molar-refractivity contribution in [2.45, 2.75) is 32.2 Å². The summed E-state index contributed by atoms with van der Waals surface area (Å²) < 4.78 is 0. The summed E-state index contributed by atoms with van der Waals surface area (Å²) in [7, 11) is 0. The Kier molecular flexibility index (Phi) is 3.64. The van der Waals surface area contributed by atoms with E-state index in [1.54, 1.807) is 31.5 Å². The Morgan fingerprint density at radius 1 is 1.24 bits per heavy atom. The van der Waals surface area contributed by atoms with Crippen molar-refractivity contribution in [2.75, 3.05) is 6.54 Å². The van der Waals surface area contributed by atoms with Gasteiger partial charge in [0.05, 0.1) is 11.0 Å². The molecule has 1 amide bonds. The molecule has 0 aliphatic carbocycles. The van der Waals surface area contributed by atoms with Gasteiger partial charge >= 0.3 is 0 Å². The fraction of sp³-hybridized carbons (Fsp3) is 0.375. The van der Waals surface area contributed by atoms with E-state index in [1.165, 1.54) is 0 Å². The highest BCUT2D eigenvalue weighted by molar-refractivity contribution is 5.97. The van der Waals surface area contributed by atoms with E-state index < -0.39 is 0 Å². The van der Waals surface area contributed by atoms with Crippen LogP contribution in [-0.2, 0) is 4.79 Å². The number of nitrogens with zero attached hydrogens (tertiary/aromatic N) is 3. The fourth-order valence-corrected chi connectivity index (χ4v) is 2.91. The largest absolute Gasteiger partial charge is 0.335 e. The maximum absolute atomic E-state index is 12.6. The standard InChI is InChI=1S/C16H17N3O2/c1-11(20)9-13-3-2-8-19(13)16(21)12-4-5-14-15(10-12)18-7-6-17-14/h4-7,10,13H,2-3,8-9H2,1H3. The quantitative estimate of drug-likeness (QED) is 0.866. The van der Waals surface area contributed by atoms with E-state index in [0.717, 1.165) is 24.9 Å². The Bertz CT molecular complexity index is 699. The van der Waals surface area contributed by atoms with Crippen molar-refractivity contribution in [3.05, 3.63) is 36.2 Å². The number of hydrogen-bond acceptors (Lipinski definition) is 4. The molecule has 1 atom stereocenters. The first kappa shape index (κ1) is 13.7. The van der Waals surface area contributed by atoms with Crippen molar-refractivity contribution < 1.29 is 9.59 Å². The first-order valence-corrected chi connectivity index (χ1v) is 7.16. The summed E-state index contributed by atoms with van der Waals surface area (Å²) in [6.07, 6.45) is 5.55. The molecule has 1 aromatic carbocycles. The van der Waals surface area contributed by atoms with Crippen LogP contribution in [0.25, 0.3) is 11.0 Å². The highest BCUT2D eigenvalue weighted by Gasteiger charge is 2.30. The molecule has 1 fully saturated rings. The molecule has 0 saturated carbocycles. The summed E-state index contributed by atoms with van der Waals surface area (Å²) in [6.45, 7) is 2.29. The Hall–Kier alpha value is -2.30. The van der Waals surface area contributed by atoms with Gasteiger partial charge in [0.15, 0.2) is 0 Å². The van der Waals surface area contributed by atoms with Gasteiger partial charge in [-0.25, -0.2) is 0 Å². The van der Waals surface area contributed by atoms with Crippen LogP contribution in [0.15, 0.2) is 30.6 Å². The highest BCUT2D eigenvalue weighted by atomic mass is 16.2. The first-order chi connectivity index (χ1) is 10.1. The number of ketones is 1. The van der Waals surface area contributed by atoms with Crippen molar-refractivity contribution >= 4 is 22.7 Å². The topological polar surface area (TPSA) is 63.2 Å². The van der Waals surface area contributed by atoms with Gasteiger partial charge < -0.3 is 4.90 Å². The number of aromatic nitrogens is 2. The van der Waals surface area contributed by atoms with E-state index in [-0.39, 0.29) is 17.7 Å². The van der Waals surface area contributed by atoms with E-state index in [1.807, 2.05) is 11.0 Å². The second-order valence-electron chi connectivity index (χ2n) is 5.46. The predicted octanol–water partition coefficient (Wildman–Crippen LogP) is 2.21. The lowest BCUT2D eigenvalue weighted by molar-refractivity contribution is -0.117. The van der Waals surface area contributed by atoms with Gasteiger partial charge in [-0.05, 0) is 38.0 Å². The number of hydrogen-bond donors (Lipinski definition) is 0. The summed E-state index contributed by atoms with van der Waals surface area (Å²) >= 11 is 0. The van der Waals surface area contributed by atoms with Crippen LogP contribution in [0.1, 0.15) is 36.5 Å². The zero-order valence-corrected chi connectivity index (χ0v) is 12.0. The van der Waals surface area contributed by atoms with Crippen LogP contribution in [-0.4, -0.2) is 39.1 Å². The van der Waals surface area contributed by atoms with Gasteiger partial charge in [0, 0.05) is 37.0 Å². The fourth-order valence-electron chi connectivity index (χ4n) is 2.91. The Morgan fingerprint density at radius 2 is 2.00 bits per heavy atom. The lowest BCUT2D eigenvalue weighted by Crippen LogP contribution is -2.36. The maximum atomic E-state index is 12.6. The third-order valence-corrected chi connectivity index (χ3v) is 3.88. The lowest BCUT2D eigenvalue weighted by atomic mass is 10.1. The van der Waals surface area contributed by atoms with Crippen molar-refractivity contribution in [1.82, 2.24) is 14.9 Å². The van der Waals surface area contributed by atoms with Gasteiger partial charge in [-0.3, -0.25) is 19.6 Å². The number of rotatable bonds is 3. The molecule has 21 heavy (non-hydrogen) atoms. The van der Waals surface area contributed by atoms with Crippen molar-refractivity contribution in [1.29, 1.82) is 0 Å². The van der Waals surface area contributed by atoms with Gasteiger partial charge in [-0.2, -0.15) is 0 Å². The van der Waals surface area contributed by atoms with E-state index in [9.17, 15) is 9.59 Å². The van der Waals surface area contributed by atoms with Crippen LogP contribution >= 0.6 is 0 Å². The van der Waals surface area contributed by atoms with E-state index in [4.69, 9.17) is 0 Å². The SMILES string of the molecule is CC(=O)CC1CCCN1C(=O)c1ccc2nccnc2c1. The minimum absolute atomic E-state index is 0.0219. The van der Waals surface area contributed by atoms with Crippen molar-refractivity contribution in [2.24, 2.45) is 0 Å². The number of carbonyl (C=O) groups is 2. The third-order valence-electron chi connectivity index (χ3n) is 3.88. The highest BCUT2D eigenvalue weighted by Crippen LogP contribution is 2.23. The molecule has 5 heteroatoms. The number of fused-ring (bicyclic) bond motifs is 1. The molecule has 1 aliphatic rings. The number of likely N-dealkylation sites (tertiary alicyclic amines) is 1. The van der Waals surface area contributed by atoms with Crippen LogP contribution in [0.3, 0.4) is 0 Å². The molecular formula is C16H17N3O2. The van der Waals surface area contributed by atoms with Gasteiger partial charge in [-0.1, -0.05) is 0 Å². The van der Waals surface area contributed by atoms with E-state index in [2.05, 4.69) is 9.97 Å². The molecule has 0 spiro atoms. The summed E-state index contributed by atoms with van der Waals surface area (Å²) in [4.78, 5) is 34.2. The summed E-state index contributed by atoms with van der Waals surface area (Å²) in [6, 6.07) is 5.40. The third kappa shape index (κ3) is 2.77. The minimum Gasteiger partial charge on any atom is -0.335 e. The minimum atomic E-state index is -0.0219. The molecular weight excluding hydrogens is 266 g/mol. The number of amides is 1. The molecule has 1 saturated heterocycles. The summed E-state index contributed by atoms with van der Waals surface area (Å²) in [5.74, 6) is 0.107. The van der Waals surface area contributed by atoms with Crippen LogP contribution in [0.2, 0.25) is 0 Å². The Labute approximate surface area is 123 Å². The Morgan fingerprint density at radius 3 is 2.76 bits per heavy atom. The van der Waals surface area contributed by atoms with E-state index in [0.29, 0.717) is 17.5 Å². The van der Waals surface area contributed by atoms with Crippen molar-refractivity contribution in [3.8, 4) is 0 Å². The second kappa shape index (κ2) is 5.60. The molecule has 2 aromatic rings. The summed E-state index contributed by atoms with van der Waals surface area (Å²) in [5.41, 5.74) is 2.10. The zero-order valence-electron chi connectivity index (χ0n) is 12.0. The zero-order chi connectivity index (χ0) is 14.8. The molecule has 5 nitrogen and oxygen atoms in total. The molecule has 1 unspecified atom stereocenters. The van der Waals surface area contributed by atoms with Crippen LogP contribution < -0.4 is 0 Å². The number of carbonyl (C=O) groups excluding carboxylic acids is 2. The maximum Gasteiger partial charge on any atom is 0.254 e. The van der Waals surface area contributed by atoms with Gasteiger partial charge in [-0.15, -0.1) is 0 Å².